The third-order valence-corrected chi connectivity index (χ3v) is 2.72. The van der Waals surface area contributed by atoms with Crippen molar-refractivity contribution in [1.82, 2.24) is 9.78 Å². The van der Waals surface area contributed by atoms with E-state index in [1.807, 2.05) is 0 Å². The monoisotopic (exact) mass is 257 g/mol. The standard InChI is InChI=1S/C10H9Cl2N3O/c11-8-2-1-3-9(10(8)12)16-6-15-5-7(13)4-14-15/h1-5H,6,13H2. The topological polar surface area (TPSA) is 53.1 Å². The number of benzene rings is 1. The fourth-order valence-electron chi connectivity index (χ4n) is 1.18. The van der Waals surface area contributed by atoms with Gasteiger partial charge in [0.1, 0.15) is 10.8 Å². The molecule has 0 radical (unpaired) electrons. The van der Waals surface area contributed by atoms with Crippen molar-refractivity contribution in [3.05, 3.63) is 40.6 Å². The van der Waals surface area contributed by atoms with Gasteiger partial charge >= 0.3 is 0 Å². The number of nitrogens with two attached hydrogens (primary N) is 1. The number of halogens is 2. The molecule has 2 N–H and O–H groups in total. The second kappa shape index (κ2) is 4.63. The highest BCUT2D eigenvalue weighted by atomic mass is 35.5. The molecule has 0 saturated carbocycles. The van der Waals surface area contributed by atoms with E-state index in [1.165, 1.54) is 0 Å². The van der Waals surface area contributed by atoms with Gasteiger partial charge in [0, 0.05) is 0 Å². The Morgan fingerprint density at radius 2 is 2.19 bits per heavy atom. The minimum atomic E-state index is 0.233. The van der Waals surface area contributed by atoms with E-state index < -0.39 is 0 Å². The van der Waals surface area contributed by atoms with E-state index in [0.29, 0.717) is 21.5 Å². The van der Waals surface area contributed by atoms with E-state index in [9.17, 15) is 0 Å². The largest absolute Gasteiger partial charge is 0.470 e. The predicted molar refractivity (Wildman–Crippen MR) is 63.7 cm³/mol. The minimum Gasteiger partial charge on any atom is -0.470 e. The van der Waals surface area contributed by atoms with Crippen LogP contribution < -0.4 is 10.5 Å². The molecule has 0 atom stereocenters. The normalized spacial score (nSPS) is 10.4. The highest BCUT2D eigenvalue weighted by Gasteiger charge is 2.05. The number of hydrogen-bond donors (Lipinski definition) is 1. The zero-order chi connectivity index (χ0) is 11.5. The minimum absolute atomic E-state index is 0.233. The second-order valence-corrected chi connectivity index (χ2v) is 3.92. The highest BCUT2D eigenvalue weighted by Crippen LogP contribution is 2.31. The van der Waals surface area contributed by atoms with E-state index in [4.69, 9.17) is 33.7 Å². The van der Waals surface area contributed by atoms with Crippen LogP contribution in [0.2, 0.25) is 10.0 Å². The molecular weight excluding hydrogens is 249 g/mol. The maximum atomic E-state index is 5.95. The number of hydrogen-bond acceptors (Lipinski definition) is 3. The van der Waals surface area contributed by atoms with Crippen LogP contribution in [0.25, 0.3) is 0 Å². The SMILES string of the molecule is Nc1cnn(COc2cccc(Cl)c2Cl)c1. The van der Waals surface area contributed by atoms with Crippen LogP contribution in [0.5, 0.6) is 5.75 Å². The summed E-state index contributed by atoms with van der Waals surface area (Å²) in [7, 11) is 0. The van der Waals surface area contributed by atoms with Gasteiger partial charge in [-0.3, -0.25) is 0 Å². The van der Waals surface area contributed by atoms with Crippen molar-refractivity contribution in [3.63, 3.8) is 0 Å². The summed E-state index contributed by atoms with van der Waals surface area (Å²) < 4.78 is 7.01. The Balaban J connectivity index is 2.07. The fourth-order valence-corrected chi connectivity index (χ4v) is 1.53. The van der Waals surface area contributed by atoms with Gasteiger partial charge in [-0.2, -0.15) is 5.10 Å². The molecule has 4 nitrogen and oxygen atoms in total. The molecule has 0 aliphatic rings. The van der Waals surface area contributed by atoms with Gasteiger partial charge in [0.25, 0.3) is 0 Å². The summed E-state index contributed by atoms with van der Waals surface area (Å²) in [6, 6.07) is 5.20. The summed E-state index contributed by atoms with van der Waals surface area (Å²) in [6.45, 7) is 0.233. The average Bonchev–Trinajstić information content (AvgIpc) is 2.67. The third kappa shape index (κ3) is 2.40. The third-order valence-electron chi connectivity index (χ3n) is 1.92. The van der Waals surface area contributed by atoms with Crippen LogP contribution in [-0.2, 0) is 6.73 Å². The lowest BCUT2D eigenvalue weighted by Crippen LogP contribution is -2.05. The van der Waals surface area contributed by atoms with Crippen LogP contribution in [0.15, 0.2) is 30.6 Å². The molecule has 1 heterocycles. The molecule has 16 heavy (non-hydrogen) atoms. The maximum absolute atomic E-state index is 5.95. The Hall–Kier alpha value is -1.39. The van der Waals surface area contributed by atoms with Crippen molar-refractivity contribution in [2.24, 2.45) is 0 Å². The first-order chi connectivity index (χ1) is 7.66. The number of anilines is 1. The van der Waals surface area contributed by atoms with E-state index >= 15 is 0 Å². The summed E-state index contributed by atoms with van der Waals surface area (Å²) in [6.07, 6.45) is 3.21. The summed E-state index contributed by atoms with van der Waals surface area (Å²) in [4.78, 5) is 0. The van der Waals surface area contributed by atoms with E-state index in [1.54, 1.807) is 35.3 Å². The first-order valence-electron chi connectivity index (χ1n) is 4.51. The van der Waals surface area contributed by atoms with Gasteiger partial charge in [0.15, 0.2) is 6.73 Å². The summed E-state index contributed by atoms with van der Waals surface area (Å²) >= 11 is 11.8. The van der Waals surface area contributed by atoms with Gasteiger partial charge < -0.3 is 10.5 Å². The van der Waals surface area contributed by atoms with Crippen molar-refractivity contribution in [1.29, 1.82) is 0 Å². The van der Waals surface area contributed by atoms with Crippen LogP contribution in [0.1, 0.15) is 0 Å². The van der Waals surface area contributed by atoms with Crippen LogP contribution in [0.3, 0.4) is 0 Å². The molecule has 0 aliphatic carbocycles. The Kier molecular flexibility index (Phi) is 3.22. The average molecular weight is 258 g/mol. The van der Waals surface area contributed by atoms with Gasteiger partial charge in [0.05, 0.1) is 23.1 Å². The van der Waals surface area contributed by atoms with Crippen molar-refractivity contribution >= 4 is 28.9 Å². The smallest absolute Gasteiger partial charge is 0.181 e. The summed E-state index contributed by atoms with van der Waals surface area (Å²) in [5.41, 5.74) is 6.10. The van der Waals surface area contributed by atoms with E-state index in [-0.39, 0.29) is 6.73 Å². The number of nitrogens with zero attached hydrogens (tertiary/aromatic N) is 2. The van der Waals surface area contributed by atoms with Gasteiger partial charge in [-0.05, 0) is 12.1 Å². The lowest BCUT2D eigenvalue weighted by atomic mass is 10.3. The maximum Gasteiger partial charge on any atom is 0.181 e. The molecule has 0 aliphatic heterocycles. The number of ether oxygens (including phenoxy) is 1. The van der Waals surface area contributed by atoms with Crippen LogP contribution in [-0.4, -0.2) is 9.78 Å². The molecule has 2 aromatic rings. The lowest BCUT2D eigenvalue weighted by molar-refractivity contribution is 0.221. The highest BCUT2D eigenvalue weighted by molar-refractivity contribution is 6.42. The molecular formula is C10H9Cl2N3O. The quantitative estimate of drug-likeness (QED) is 0.920. The Labute approximate surface area is 103 Å². The molecule has 0 spiro atoms. The predicted octanol–water partition coefficient (Wildman–Crippen LogP) is 2.81. The number of rotatable bonds is 3. The van der Waals surface area contributed by atoms with Crippen molar-refractivity contribution in [3.8, 4) is 5.75 Å². The van der Waals surface area contributed by atoms with Gasteiger partial charge in [0.2, 0.25) is 0 Å². The molecule has 0 amide bonds. The molecule has 0 saturated heterocycles. The van der Waals surface area contributed by atoms with Gasteiger partial charge in [-0.1, -0.05) is 29.3 Å². The van der Waals surface area contributed by atoms with E-state index in [2.05, 4.69) is 5.10 Å². The van der Waals surface area contributed by atoms with E-state index in [0.717, 1.165) is 0 Å². The van der Waals surface area contributed by atoms with Crippen molar-refractivity contribution < 1.29 is 4.74 Å². The zero-order valence-corrected chi connectivity index (χ0v) is 9.74. The summed E-state index contributed by atoms with van der Waals surface area (Å²) in [5, 5.41) is 4.82. The Morgan fingerprint density at radius 3 is 2.88 bits per heavy atom. The van der Waals surface area contributed by atoms with Gasteiger partial charge in [-0.15, -0.1) is 0 Å². The first-order valence-corrected chi connectivity index (χ1v) is 5.27. The lowest BCUT2D eigenvalue weighted by Gasteiger charge is -2.08. The molecule has 6 heteroatoms. The Morgan fingerprint density at radius 1 is 1.38 bits per heavy atom. The molecule has 84 valence electrons. The molecule has 2 rings (SSSR count). The molecule has 0 unspecified atom stereocenters. The van der Waals surface area contributed by atoms with Crippen molar-refractivity contribution in [2.75, 3.05) is 5.73 Å². The number of nitrogen functional groups attached to an aromatic ring is 1. The summed E-state index contributed by atoms with van der Waals surface area (Å²) in [5.74, 6) is 0.517. The molecule has 1 aromatic heterocycles. The van der Waals surface area contributed by atoms with Crippen molar-refractivity contribution in [2.45, 2.75) is 6.73 Å². The van der Waals surface area contributed by atoms with Gasteiger partial charge in [-0.25, -0.2) is 4.68 Å². The van der Waals surface area contributed by atoms with Crippen LogP contribution in [0.4, 0.5) is 5.69 Å². The number of aromatic nitrogens is 2. The molecule has 0 bridgehead atoms. The van der Waals surface area contributed by atoms with Crippen LogP contribution >= 0.6 is 23.2 Å². The Bertz CT molecular complexity index is 499. The molecule has 1 aromatic carbocycles. The van der Waals surface area contributed by atoms with Crippen LogP contribution in [0, 0.1) is 0 Å². The fraction of sp³-hybridized carbons (Fsp3) is 0.100. The first kappa shape index (κ1) is 11.1. The molecule has 0 fully saturated rings. The second-order valence-electron chi connectivity index (χ2n) is 3.14. The zero-order valence-electron chi connectivity index (χ0n) is 8.23.